The van der Waals surface area contributed by atoms with Crippen molar-refractivity contribution in [1.29, 1.82) is 0 Å². The molecule has 0 heterocycles. The zero-order chi connectivity index (χ0) is 14.8. The molecule has 1 rings (SSSR count). The fraction of sp³-hybridized carbons (Fsp3) is 0.647. The van der Waals surface area contributed by atoms with Crippen molar-refractivity contribution in [2.45, 2.75) is 64.8 Å². The van der Waals surface area contributed by atoms with E-state index in [1.54, 1.807) is 0 Å². The van der Waals surface area contributed by atoms with Crippen LogP contribution in [-0.2, 0) is 0 Å². The van der Waals surface area contributed by atoms with Gasteiger partial charge in [0.2, 0.25) is 0 Å². The Morgan fingerprint density at radius 1 is 1.10 bits per heavy atom. The van der Waals surface area contributed by atoms with E-state index in [-0.39, 0.29) is 6.04 Å². The maximum absolute atomic E-state index is 5.97. The van der Waals surface area contributed by atoms with Crippen molar-refractivity contribution in [3.63, 3.8) is 0 Å². The fourth-order valence-corrected chi connectivity index (χ4v) is 2.59. The number of ether oxygens (including phenoxy) is 1. The lowest BCUT2D eigenvalue weighted by atomic mass is 10.1. The molecule has 0 saturated carbocycles. The van der Waals surface area contributed by atoms with Crippen LogP contribution in [0.1, 0.15) is 70.4 Å². The molecule has 1 aromatic carbocycles. The third kappa shape index (κ3) is 6.76. The topological polar surface area (TPSA) is 35.2 Å². The Bertz CT molecular complexity index is 379. The lowest BCUT2D eigenvalue weighted by Gasteiger charge is -2.14. The third-order valence-corrected chi connectivity index (χ3v) is 3.96. The van der Waals surface area contributed by atoms with Gasteiger partial charge in [-0.2, -0.15) is 0 Å². The molecule has 0 aliphatic rings. The molecular formula is C17H28BrNO. The quantitative estimate of drug-likeness (QED) is 0.562. The summed E-state index contributed by atoms with van der Waals surface area (Å²) in [5.41, 5.74) is 7.05. The summed E-state index contributed by atoms with van der Waals surface area (Å²) in [7, 11) is 0. The van der Waals surface area contributed by atoms with Gasteiger partial charge in [-0.3, -0.25) is 0 Å². The van der Waals surface area contributed by atoms with E-state index < -0.39 is 0 Å². The Morgan fingerprint density at radius 2 is 1.75 bits per heavy atom. The van der Waals surface area contributed by atoms with E-state index in [1.807, 2.05) is 25.1 Å². The highest BCUT2D eigenvalue weighted by Crippen LogP contribution is 2.27. The van der Waals surface area contributed by atoms with Gasteiger partial charge in [-0.1, -0.05) is 67.4 Å². The molecule has 114 valence electrons. The second-order valence-corrected chi connectivity index (χ2v) is 6.36. The van der Waals surface area contributed by atoms with Gasteiger partial charge in [0.1, 0.15) is 5.75 Å². The van der Waals surface area contributed by atoms with Gasteiger partial charge >= 0.3 is 0 Å². The van der Waals surface area contributed by atoms with Crippen LogP contribution in [-0.4, -0.2) is 6.61 Å². The lowest BCUT2D eigenvalue weighted by molar-refractivity contribution is 0.300. The van der Waals surface area contributed by atoms with Crippen LogP contribution in [0.25, 0.3) is 0 Å². The van der Waals surface area contributed by atoms with Crippen molar-refractivity contribution in [3.05, 3.63) is 28.2 Å². The minimum Gasteiger partial charge on any atom is -0.493 e. The molecule has 0 aliphatic heterocycles. The average Bonchev–Trinajstić information content (AvgIpc) is 2.41. The number of unbranched alkanes of at least 4 members (excludes halogenated alkanes) is 6. The molecule has 20 heavy (non-hydrogen) atoms. The zero-order valence-corrected chi connectivity index (χ0v) is 14.4. The summed E-state index contributed by atoms with van der Waals surface area (Å²) in [5, 5.41) is 0. The van der Waals surface area contributed by atoms with Gasteiger partial charge < -0.3 is 10.5 Å². The van der Waals surface area contributed by atoms with E-state index in [0.717, 1.165) is 28.8 Å². The molecule has 0 aliphatic carbocycles. The predicted molar refractivity (Wildman–Crippen MR) is 90.2 cm³/mol. The molecule has 0 bridgehead atoms. The van der Waals surface area contributed by atoms with Gasteiger partial charge in [-0.25, -0.2) is 0 Å². The fourth-order valence-electron chi connectivity index (χ4n) is 2.25. The van der Waals surface area contributed by atoms with Crippen LogP contribution >= 0.6 is 15.9 Å². The highest BCUT2D eigenvalue weighted by atomic mass is 79.9. The second kappa shape index (κ2) is 10.2. The standard InChI is InChI=1S/C17H28BrNO/c1-3-4-5-6-7-8-9-12-20-17-13-15(18)10-11-16(17)14(2)19/h10-11,13-14H,3-9,12,19H2,1-2H3/t14-/m1/s1. The number of hydrogen-bond donors (Lipinski definition) is 1. The molecule has 1 aromatic rings. The Hall–Kier alpha value is -0.540. The molecule has 3 heteroatoms. The van der Waals surface area contributed by atoms with Crippen molar-refractivity contribution in [3.8, 4) is 5.75 Å². The van der Waals surface area contributed by atoms with Crippen molar-refractivity contribution in [1.82, 2.24) is 0 Å². The van der Waals surface area contributed by atoms with Gasteiger partial charge in [0.05, 0.1) is 6.61 Å². The number of benzene rings is 1. The number of hydrogen-bond acceptors (Lipinski definition) is 2. The number of halogens is 1. The second-order valence-electron chi connectivity index (χ2n) is 5.44. The maximum atomic E-state index is 5.97. The SMILES string of the molecule is CCCCCCCCCOc1cc(Br)ccc1[C@@H](C)N. The van der Waals surface area contributed by atoms with Crippen LogP contribution in [0.2, 0.25) is 0 Å². The van der Waals surface area contributed by atoms with Gasteiger partial charge in [0, 0.05) is 16.1 Å². The Morgan fingerprint density at radius 3 is 2.40 bits per heavy atom. The Kier molecular flexibility index (Phi) is 8.95. The summed E-state index contributed by atoms with van der Waals surface area (Å²) in [6, 6.07) is 6.07. The minimum absolute atomic E-state index is 0.00661. The van der Waals surface area contributed by atoms with Gasteiger partial charge in [-0.15, -0.1) is 0 Å². The molecule has 0 aromatic heterocycles. The summed E-state index contributed by atoms with van der Waals surface area (Å²) >= 11 is 3.48. The number of rotatable bonds is 10. The maximum Gasteiger partial charge on any atom is 0.125 e. The molecular weight excluding hydrogens is 314 g/mol. The molecule has 0 fully saturated rings. The highest BCUT2D eigenvalue weighted by Gasteiger charge is 2.08. The summed E-state index contributed by atoms with van der Waals surface area (Å²) in [6.45, 7) is 5.02. The summed E-state index contributed by atoms with van der Waals surface area (Å²) in [4.78, 5) is 0. The van der Waals surface area contributed by atoms with E-state index >= 15 is 0 Å². The first-order valence-corrected chi connectivity index (χ1v) is 8.62. The molecule has 0 radical (unpaired) electrons. The van der Waals surface area contributed by atoms with Crippen LogP contribution in [0, 0.1) is 0 Å². The van der Waals surface area contributed by atoms with Crippen LogP contribution in [0.5, 0.6) is 5.75 Å². The van der Waals surface area contributed by atoms with Crippen molar-refractivity contribution in [2.75, 3.05) is 6.61 Å². The van der Waals surface area contributed by atoms with Crippen molar-refractivity contribution < 1.29 is 4.74 Å². The third-order valence-electron chi connectivity index (χ3n) is 3.47. The van der Waals surface area contributed by atoms with E-state index in [2.05, 4.69) is 22.9 Å². The first kappa shape index (κ1) is 17.5. The Balaban J connectivity index is 2.26. The number of nitrogens with two attached hydrogens (primary N) is 1. The van der Waals surface area contributed by atoms with E-state index in [0.29, 0.717) is 0 Å². The summed E-state index contributed by atoms with van der Waals surface area (Å²) < 4.78 is 6.94. The molecule has 2 nitrogen and oxygen atoms in total. The van der Waals surface area contributed by atoms with E-state index in [1.165, 1.54) is 38.5 Å². The smallest absolute Gasteiger partial charge is 0.125 e. The summed E-state index contributed by atoms with van der Waals surface area (Å²) in [5.74, 6) is 0.917. The van der Waals surface area contributed by atoms with Gasteiger partial charge in [0.25, 0.3) is 0 Å². The van der Waals surface area contributed by atoms with Gasteiger partial charge in [-0.05, 0) is 25.5 Å². The molecule has 2 N–H and O–H groups in total. The Labute approximate surface area is 132 Å². The van der Waals surface area contributed by atoms with Crippen LogP contribution in [0.15, 0.2) is 22.7 Å². The van der Waals surface area contributed by atoms with Gasteiger partial charge in [0.15, 0.2) is 0 Å². The van der Waals surface area contributed by atoms with Crippen LogP contribution in [0.3, 0.4) is 0 Å². The molecule has 1 atom stereocenters. The zero-order valence-electron chi connectivity index (χ0n) is 12.8. The summed E-state index contributed by atoms with van der Waals surface area (Å²) in [6.07, 6.45) is 9.11. The molecule has 0 amide bonds. The lowest BCUT2D eigenvalue weighted by Crippen LogP contribution is -2.08. The molecule has 0 unspecified atom stereocenters. The predicted octanol–water partition coefficient (Wildman–Crippen LogP) is 5.60. The van der Waals surface area contributed by atoms with E-state index in [9.17, 15) is 0 Å². The highest BCUT2D eigenvalue weighted by molar-refractivity contribution is 9.10. The normalized spacial score (nSPS) is 12.4. The van der Waals surface area contributed by atoms with Crippen LogP contribution < -0.4 is 10.5 Å². The largest absolute Gasteiger partial charge is 0.493 e. The minimum atomic E-state index is 0.00661. The van der Waals surface area contributed by atoms with Crippen LogP contribution in [0.4, 0.5) is 0 Å². The first-order valence-electron chi connectivity index (χ1n) is 7.83. The monoisotopic (exact) mass is 341 g/mol. The molecule has 0 spiro atoms. The first-order chi connectivity index (χ1) is 9.65. The van der Waals surface area contributed by atoms with Crippen molar-refractivity contribution in [2.24, 2.45) is 5.73 Å². The van der Waals surface area contributed by atoms with E-state index in [4.69, 9.17) is 10.5 Å². The average molecular weight is 342 g/mol. The van der Waals surface area contributed by atoms with Crippen molar-refractivity contribution >= 4 is 15.9 Å². The molecule has 0 saturated heterocycles.